The van der Waals surface area contributed by atoms with Crippen molar-refractivity contribution in [1.82, 2.24) is 0 Å². The van der Waals surface area contributed by atoms with Gasteiger partial charge >= 0.3 is 11.9 Å². The molecule has 0 fully saturated rings. The van der Waals surface area contributed by atoms with Gasteiger partial charge in [-0.3, -0.25) is 9.59 Å². The molecule has 0 aromatic heterocycles. The highest BCUT2D eigenvalue weighted by atomic mass is 16.6. The third kappa shape index (κ3) is 3.17. The van der Waals surface area contributed by atoms with Gasteiger partial charge in [-0.2, -0.15) is 0 Å². The molecule has 0 radical (unpaired) electrons. The number of anilines is 2. The summed E-state index contributed by atoms with van der Waals surface area (Å²) in [5.74, 6) is -3.73. The van der Waals surface area contributed by atoms with E-state index in [1.54, 1.807) is 24.3 Å². The third-order valence-electron chi connectivity index (χ3n) is 3.26. The van der Waals surface area contributed by atoms with E-state index in [0.717, 1.165) is 6.92 Å². The topological polar surface area (TPSA) is 122 Å². The summed E-state index contributed by atoms with van der Waals surface area (Å²) in [4.78, 5) is 45.6. The molecule has 1 aliphatic rings. The standard InChI is InChI=1S/C16H14N2O6/c1-8(18-11-6-4-3-5-10(11)17-7-19)12-14(21)13(9(2)20)16(23)24-15(12)22/h3-7,18,21H,1-2H3,(H,17,19)/b12-8-. The molecule has 0 aliphatic carbocycles. The van der Waals surface area contributed by atoms with Crippen LogP contribution in [0.3, 0.4) is 0 Å². The van der Waals surface area contributed by atoms with E-state index in [2.05, 4.69) is 15.4 Å². The number of nitrogens with one attached hydrogen (secondary N) is 2. The number of benzene rings is 1. The van der Waals surface area contributed by atoms with Crippen LogP contribution in [0, 0.1) is 0 Å². The number of aliphatic hydroxyl groups excluding tert-OH is 1. The van der Waals surface area contributed by atoms with E-state index in [1.165, 1.54) is 6.92 Å². The molecule has 8 nitrogen and oxygen atoms in total. The Morgan fingerprint density at radius 1 is 1.12 bits per heavy atom. The first-order chi connectivity index (χ1) is 11.4. The monoisotopic (exact) mass is 330 g/mol. The minimum Gasteiger partial charge on any atom is -0.506 e. The lowest BCUT2D eigenvalue weighted by Gasteiger charge is -2.19. The predicted molar refractivity (Wildman–Crippen MR) is 83.9 cm³/mol. The van der Waals surface area contributed by atoms with Gasteiger partial charge in [0.2, 0.25) is 6.41 Å². The van der Waals surface area contributed by atoms with Crippen LogP contribution in [0.4, 0.5) is 11.4 Å². The van der Waals surface area contributed by atoms with Crippen molar-refractivity contribution in [3.63, 3.8) is 0 Å². The molecule has 1 aliphatic heterocycles. The lowest BCUT2D eigenvalue weighted by atomic mass is 10.0. The lowest BCUT2D eigenvalue weighted by molar-refractivity contribution is -0.155. The summed E-state index contributed by atoms with van der Waals surface area (Å²) in [5.41, 5.74) is 0.0918. The zero-order valence-corrected chi connectivity index (χ0v) is 12.9. The number of amides is 1. The van der Waals surface area contributed by atoms with Gasteiger partial charge in [-0.25, -0.2) is 9.59 Å². The second kappa shape index (κ2) is 6.78. The summed E-state index contributed by atoms with van der Waals surface area (Å²) in [6.07, 6.45) is 0.488. The number of aliphatic hydroxyl groups is 1. The number of carbonyl (C=O) groups excluding carboxylic acids is 4. The molecule has 0 unspecified atom stereocenters. The molecule has 0 bridgehead atoms. The number of Topliss-reactive ketones (excluding diaryl/α,β-unsaturated/α-hetero) is 1. The zero-order chi connectivity index (χ0) is 17.9. The van der Waals surface area contributed by atoms with Crippen molar-refractivity contribution in [3.05, 3.63) is 46.9 Å². The summed E-state index contributed by atoms with van der Waals surface area (Å²) in [7, 11) is 0. The molecule has 1 amide bonds. The van der Waals surface area contributed by atoms with E-state index in [0.29, 0.717) is 17.8 Å². The fourth-order valence-electron chi connectivity index (χ4n) is 2.19. The predicted octanol–water partition coefficient (Wildman–Crippen LogP) is 1.43. The Morgan fingerprint density at radius 3 is 2.33 bits per heavy atom. The third-order valence-corrected chi connectivity index (χ3v) is 3.26. The van der Waals surface area contributed by atoms with Crippen LogP contribution in [0.1, 0.15) is 13.8 Å². The Bertz CT molecular complexity index is 807. The van der Waals surface area contributed by atoms with Gasteiger partial charge in [0.25, 0.3) is 0 Å². The Balaban J connectivity index is 2.50. The quantitative estimate of drug-likeness (QED) is 0.245. The van der Waals surface area contributed by atoms with E-state index in [-0.39, 0.29) is 11.3 Å². The van der Waals surface area contributed by atoms with E-state index in [9.17, 15) is 24.3 Å². The summed E-state index contributed by atoms with van der Waals surface area (Å²) >= 11 is 0. The summed E-state index contributed by atoms with van der Waals surface area (Å²) in [6.45, 7) is 2.53. The van der Waals surface area contributed by atoms with Crippen molar-refractivity contribution in [2.24, 2.45) is 0 Å². The van der Waals surface area contributed by atoms with Gasteiger partial charge in [0.15, 0.2) is 5.78 Å². The van der Waals surface area contributed by atoms with Crippen molar-refractivity contribution < 1.29 is 29.0 Å². The lowest BCUT2D eigenvalue weighted by Crippen LogP contribution is -2.29. The molecule has 3 N–H and O–H groups in total. The number of esters is 2. The van der Waals surface area contributed by atoms with Crippen molar-refractivity contribution in [1.29, 1.82) is 0 Å². The van der Waals surface area contributed by atoms with Crippen LogP contribution in [0.15, 0.2) is 46.9 Å². The Kier molecular flexibility index (Phi) is 4.78. The maximum absolute atomic E-state index is 11.9. The maximum Gasteiger partial charge on any atom is 0.353 e. The van der Waals surface area contributed by atoms with Gasteiger partial charge in [0.05, 0.1) is 11.4 Å². The SMILES string of the molecule is CC(=O)C1=C(O)/C(=C(\C)Nc2ccccc2NC=O)C(=O)OC1=O. The van der Waals surface area contributed by atoms with Crippen LogP contribution in [0.2, 0.25) is 0 Å². The van der Waals surface area contributed by atoms with E-state index < -0.39 is 29.1 Å². The van der Waals surface area contributed by atoms with Crippen LogP contribution in [-0.2, 0) is 23.9 Å². The molecule has 1 aromatic carbocycles. The molecule has 1 aromatic rings. The van der Waals surface area contributed by atoms with Crippen molar-refractivity contribution in [2.75, 3.05) is 10.6 Å². The number of cyclic esters (lactones) is 2. The van der Waals surface area contributed by atoms with Gasteiger partial charge in [-0.05, 0) is 26.0 Å². The largest absolute Gasteiger partial charge is 0.506 e. The number of para-hydroxylation sites is 2. The van der Waals surface area contributed by atoms with Gasteiger partial charge < -0.3 is 20.5 Å². The van der Waals surface area contributed by atoms with Gasteiger partial charge in [0, 0.05) is 5.70 Å². The molecule has 0 saturated carbocycles. The van der Waals surface area contributed by atoms with E-state index in [1.807, 2.05) is 0 Å². The molecular weight excluding hydrogens is 316 g/mol. The van der Waals surface area contributed by atoms with Gasteiger partial charge in [-0.15, -0.1) is 0 Å². The molecule has 1 heterocycles. The van der Waals surface area contributed by atoms with Crippen LogP contribution in [-0.4, -0.2) is 29.2 Å². The molecule has 8 heteroatoms. The first-order valence-electron chi connectivity index (χ1n) is 6.85. The van der Waals surface area contributed by atoms with Crippen molar-refractivity contribution >= 4 is 35.5 Å². The number of ether oxygens (including phenoxy) is 1. The van der Waals surface area contributed by atoms with Crippen molar-refractivity contribution in [2.45, 2.75) is 13.8 Å². The van der Waals surface area contributed by atoms with E-state index >= 15 is 0 Å². The number of hydrogen-bond acceptors (Lipinski definition) is 7. The Morgan fingerprint density at radius 2 is 1.75 bits per heavy atom. The number of allylic oxidation sites excluding steroid dienone is 1. The van der Waals surface area contributed by atoms with Crippen LogP contribution in [0.25, 0.3) is 0 Å². The second-order valence-electron chi connectivity index (χ2n) is 4.89. The highest BCUT2D eigenvalue weighted by Gasteiger charge is 2.36. The van der Waals surface area contributed by atoms with Crippen molar-refractivity contribution in [3.8, 4) is 0 Å². The second-order valence-corrected chi connectivity index (χ2v) is 4.89. The fourth-order valence-corrected chi connectivity index (χ4v) is 2.19. The highest BCUT2D eigenvalue weighted by molar-refractivity contribution is 6.23. The van der Waals surface area contributed by atoms with Gasteiger partial charge in [-0.1, -0.05) is 12.1 Å². The smallest absolute Gasteiger partial charge is 0.353 e. The number of carbonyl (C=O) groups is 4. The van der Waals surface area contributed by atoms with Crippen LogP contribution >= 0.6 is 0 Å². The number of rotatable bonds is 5. The minimum absolute atomic E-state index is 0.142. The van der Waals surface area contributed by atoms with E-state index in [4.69, 9.17) is 0 Å². The molecule has 0 spiro atoms. The molecule has 0 saturated heterocycles. The van der Waals surface area contributed by atoms with Gasteiger partial charge in [0.1, 0.15) is 16.9 Å². The summed E-state index contributed by atoms with van der Waals surface area (Å²) in [5, 5.41) is 15.4. The van der Waals surface area contributed by atoms with Crippen LogP contribution < -0.4 is 10.6 Å². The minimum atomic E-state index is -1.19. The maximum atomic E-state index is 11.9. The molecular formula is C16H14N2O6. The highest BCUT2D eigenvalue weighted by Crippen LogP contribution is 2.28. The molecule has 24 heavy (non-hydrogen) atoms. The number of hydrogen-bond donors (Lipinski definition) is 3. The molecule has 2 rings (SSSR count). The average molecular weight is 330 g/mol. The first kappa shape index (κ1) is 16.9. The first-order valence-corrected chi connectivity index (χ1v) is 6.85. The normalized spacial score (nSPS) is 16.4. The van der Waals surface area contributed by atoms with Crippen LogP contribution in [0.5, 0.6) is 0 Å². The zero-order valence-electron chi connectivity index (χ0n) is 12.9. The number of ketones is 1. The average Bonchev–Trinajstić information content (AvgIpc) is 2.48. The Labute approximate surface area is 136 Å². The summed E-state index contributed by atoms with van der Waals surface area (Å²) in [6, 6.07) is 6.63. The molecule has 124 valence electrons. The Hall–Kier alpha value is -3.42. The summed E-state index contributed by atoms with van der Waals surface area (Å²) < 4.78 is 4.49. The fraction of sp³-hybridized carbons (Fsp3) is 0.125. The molecule has 0 atom stereocenters.